The quantitative estimate of drug-likeness (QED) is 0.580. The van der Waals surface area contributed by atoms with Crippen molar-refractivity contribution in [3.05, 3.63) is 48.2 Å². The molecule has 1 aromatic rings. The van der Waals surface area contributed by atoms with Crippen LogP contribution in [-0.2, 0) is 4.74 Å². The number of hydrogen-bond acceptors (Lipinski definition) is 2. The topological polar surface area (TPSA) is 26.3 Å². The summed E-state index contributed by atoms with van der Waals surface area (Å²) in [5.41, 5.74) is 0.860. The van der Waals surface area contributed by atoms with Crippen molar-refractivity contribution in [3.8, 4) is 0 Å². The summed E-state index contributed by atoms with van der Waals surface area (Å²) in [6.07, 6.45) is 4.50. The summed E-state index contributed by atoms with van der Waals surface area (Å²) in [6, 6.07) is 9.01. The van der Waals surface area contributed by atoms with Gasteiger partial charge in [-0.25, -0.2) is 4.79 Å². The van der Waals surface area contributed by atoms with Crippen LogP contribution in [0.15, 0.2) is 42.7 Å². The highest BCUT2D eigenvalue weighted by atomic mass is 16.5. The SMILES string of the molecule is CC(/C=C/OC(=O)c1ccccc1)CC(C)(C)C. The predicted octanol–water partition coefficient (Wildman–Crippen LogP) is 4.43. The van der Waals surface area contributed by atoms with Gasteiger partial charge >= 0.3 is 5.97 Å². The van der Waals surface area contributed by atoms with Crippen molar-refractivity contribution < 1.29 is 9.53 Å². The van der Waals surface area contributed by atoms with Crippen molar-refractivity contribution in [3.63, 3.8) is 0 Å². The molecule has 0 bridgehead atoms. The standard InChI is InChI=1S/C16H22O2/c1-13(12-16(2,3)4)10-11-18-15(17)14-8-6-5-7-9-14/h5-11,13H,12H2,1-4H3/b11-10+. The van der Waals surface area contributed by atoms with Crippen LogP contribution in [0.3, 0.4) is 0 Å². The Morgan fingerprint density at radius 2 is 1.89 bits per heavy atom. The van der Waals surface area contributed by atoms with Gasteiger partial charge in [-0.05, 0) is 36.0 Å². The van der Waals surface area contributed by atoms with E-state index >= 15 is 0 Å². The molecular weight excluding hydrogens is 224 g/mol. The van der Waals surface area contributed by atoms with Crippen LogP contribution in [0.2, 0.25) is 0 Å². The summed E-state index contributed by atoms with van der Waals surface area (Å²) in [6.45, 7) is 8.73. The molecule has 0 radical (unpaired) electrons. The van der Waals surface area contributed by atoms with Gasteiger partial charge in [0.05, 0.1) is 11.8 Å². The molecule has 0 saturated carbocycles. The Hall–Kier alpha value is -1.57. The maximum atomic E-state index is 11.6. The van der Waals surface area contributed by atoms with Gasteiger partial charge < -0.3 is 4.74 Å². The van der Waals surface area contributed by atoms with Crippen LogP contribution in [0.1, 0.15) is 44.5 Å². The first kappa shape index (κ1) is 14.5. The monoisotopic (exact) mass is 246 g/mol. The van der Waals surface area contributed by atoms with E-state index in [1.54, 1.807) is 12.1 Å². The minimum Gasteiger partial charge on any atom is -0.431 e. The molecule has 1 unspecified atom stereocenters. The smallest absolute Gasteiger partial charge is 0.342 e. The summed E-state index contributed by atoms with van der Waals surface area (Å²) in [7, 11) is 0. The molecule has 0 heterocycles. The molecule has 0 N–H and O–H groups in total. The van der Waals surface area contributed by atoms with Gasteiger partial charge in [0.15, 0.2) is 0 Å². The minimum atomic E-state index is -0.310. The lowest BCUT2D eigenvalue weighted by Gasteiger charge is -2.20. The Labute approximate surface area is 110 Å². The number of carbonyl (C=O) groups excluding carboxylic acids is 1. The third-order valence-corrected chi connectivity index (χ3v) is 2.53. The fraction of sp³-hybridized carbons (Fsp3) is 0.438. The molecule has 2 nitrogen and oxygen atoms in total. The van der Waals surface area contributed by atoms with Crippen molar-refractivity contribution >= 4 is 5.97 Å². The molecule has 0 amide bonds. The first-order valence-electron chi connectivity index (χ1n) is 6.31. The Bertz CT molecular complexity index is 399. The Morgan fingerprint density at radius 3 is 2.44 bits per heavy atom. The lowest BCUT2D eigenvalue weighted by atomic mass is 9.85. The van der Waals surface area contributed by atoms with E-state index in [-0.39, 0.29) is 11.4 Å². The number of ether oxygens (including phenoxy) is 1. The fourth-order valence-corrected chi connectivity index (χ4v) is 1.91. The van der Waals surface area contributed by atoms with E-state index in [1.165, 1.54) is 6.26 Å². The van der Waals surface area contributed by atoms with E-state index in [9.17, 15) is 4.79 Å². The van der Waals surface area contributed by atoms with Gasteiger partial charge in [0.2, 0.25) is 0 Å². The van der Waals surface area contributed by atoms with Gasteiger partial charge in [0.25, 0.3) is 0 Å². The van der Waals surface area contributed by atoms with Crippen LogP contribution in [-0.4, -0.2) is 5.97 Å². The van der Waals surface area contributed by atoms with Gasteiger partial charge in [0.1, 0.15) is 0 Å². The van der Waals surface area contributed by atoms with Crippen molar-refractivity contribution in [2.24, 2.45) is 11.3 Å². The first-order valence-corrected chi connectivity index (χ1v) is 6.31. The van der Waals surface area contributed by atoms with E-state index in [0.717, 1.165) is 6.42 Å². The van der Waals surface area contributed by atoms with E-state index in [2.05, 4.69) is 27.7 Å². The number of rotatable bonds is 4. The predicted molar refractivity (Wildman–Crippen MR) is 74.2 cm³/mol. The Morgan fingerprint density at radius 1 is 1.28 bits per heavy atom. The van der Waals surface area contributed by atoms with Crippen molar-refractivity contribution in [2.45, 2.75) is 34.1 Å². The van der Waals surface area contributed by atoms with Crippen LogP contribution in [0, 0.1) is 11.3 Å². The molecular formula is C16H22O2. The van der Waals surface area contributed by atoms with Crippen LogP contribution >= 0.6 is 0 Å². The van der Waals surface area contributed by atoms with Gasteiger partial charge in [0, 0.05) is 0 Å². The first-order chi connectivity index (χ1) is 8.38. The van der Waals surface area contributed by atoms with Crippen LogP contribution in [0.4, 0.5) is 0 Å². The second kappa shape index (κ2) is 6.39. The molecule has 1 rings (SSSR count). The molecule has 0 aromatic heterocycles. The van der Waals surface area contributed by atoms with E-state index in [0.29, 0.717) is 11.5 Å². The number of carbonyl (C=O) groups is 1. The van der Waals surface area contributed by atoms with Gasteiger partial charge in [-0.15, -0.1) is 0 Å². The van der Waals surface area contributed by atoms with Crippen LogP contribution in [0.5, 0.6) is 0 Å². The largest absolute Gasteiger partial charge is 0.431 e. The number of benzene rings is 1. The average Bonchev–Trinajstić information content (AvgIpc) is 2.27. The molecule has 0 saturated heterocycles. The summed E-state index contributed by atoms with van der Waals surface area (Å²) in [5.74, 6) is 0.0865. The molecule has 0 aliphatic heterocycles. The highest BCUT2D eigenvalue weighted by molar-refractivity contribution is 5.89. The lowest BCUT2D eigenvalue weighted by Crippen LogP contribution is -2.09. The zero-order chi connectivity index (χ0) is 13.6. The summed E-state index contributed by atoms with van der Waals surface area (Å²) < 4.78 is 5.09. The highest BCUT2D eigenvalue weighted by Crippen LogP contribution is 2.24. The van der Waals surface area contributed by atoms with Gasteiger partial charge in [-0.1, -0.05) is 45.9 Å². The molecule has 1 atom stereocenters. The van der Waals surface area contributed by atoms with E-state index < -0.39 is 0 Å². The third-order valence-electron chi connectivity index (χ3n) is 2.53. The molecule has 0 fully saturated rings. The maximum absolute atomic E-state index is 11.6. The van der Waals surface area contributed by atoms with E-state index in [1.807, 2.05) is 24.3 Å². The second-order valence-corrected chi connectivity index (χ2v) is 5.84. The zero-order valence-electron chi connectivity index (χ0n) is 11.6. The number of hydrogen-bond donors (Lipinski definition) is 0. The van der Waals surface area contributed by atoms with Crippen molar-refractivity contribution in [1.82, 2.24) is 0 Å². The molecule has 0 aliphatic rings. The molecule has 0 spiro atoms. The molecule has 18 heavy (non-hydrogen) atoms. The van der Waals surface area contributed by atoms with Crippen molar-refractivity contribution in [1.29, 1.82) is 0 Å². The van der Waals surface area contributed by atoms with Crippen LogP contribution in [0.25, 0.3) is 0 Å². The summed E-state index contributed by atoms with van der Waals surface area (Å²) in [5, 5.41) is 0. The normalized spacial score (nSPS) is 13.6. The lowest BCUT2D eigenvalue weighted by molar-refractivity contribution is 0.0661. The van der Waals surface area contributed by atoms with Gasteiger partial charge in [-0.3, -0.25) is 0 Å². The number of allylic oxidation sites excluding steroid dienone is 1. The van der Waals surface area contributed by atoms with Gasteiger partial charge in [-0.2, -0.15) is 0 Å². The molecule has 98 valence electrons. The van der Waals surface area contributed by atoms with Crippen molar-refractivity contribution in [2.75, 3.05) is 0 Å². The Balaban J connectivity index is 2.43. The minimum absolute atomic E-state index is 0.285. The second-order valence-electron chi connectivity index (χ2n) is 5.84. The van der Waals surface area contributed by atoms with E-state index in [4.69, 9.17) is 4.74 Å². The Kier molecular flexibility index (Phi) is 5.14. The molecule has 2 heteroatoms. The third kappa shape index (κ3) is 5.67. The maximum Gasteiger partial charge on any atom is 0.342 e. The number of esters is 1. The molecule has 1 aromatic carbocycles. The summed E-state index contributed by atoms with van der Waals surface area (Å²) in [4.78, 5) is 11.6. The average molecular weight is 246 g/mol. The van der Waals surface area contributed by atoms with Crippen LogP contribution < -0.4 is 0 Å². The fourth-order valence-electron chi connectivity index (χ4n) is 1.91. The zero-order valence-corrected chi connectivity index (χ0v) is 11.6. The highest BCUT2D eigenvalue weighted by Gasteiger charge is 2.13. The molecule has 0 aliphatic carbocycles. The summed E-state index contributed by atoms with van der Waals surface area (Å²) >= 11 is 0.